The number of hydrogen-bond donors (Lipinski definition) is 2. The molecule has 86 valence electrons. The third kappa shape index (κ3) is 2.58. The number of carboxylic acid groups (broad SMARTS) is 1. The van der Waals surface area contributed by atoms with Gasteiger partial charge in [0.1, 0.15) is 5.69 Å². The van der Waals surface area contributed by atoms with Crippen molar-refractivity contribution >= 4 is 28.5 Å². The van der Waals surface area contributed by atoms with E-state index < -0.39 is 11.9 Å². The first-order valence-electron chi connectivity index (χ1n) is 4.32. The van der Waals surface area contributed by atoms with Crippen LogP contribution in [-0.2, 0) is 0 Å². The van der Waals surface area contributed by atoms with Crippen molar-refractivity contribution in [1.82, 2.24) is 19.8 Å². The molecular weight excluding hydrogens is 246 g/mol. The maximum absolute atomic E-state index is 11.6. The minimum atomic E-state index is -1.10. The van der Waals surface area contributed by atoms with Gasteiger partial charge in [0.2, 0.25) is 5.13 Å². The molecular formula is C8H5N5O3S. The Morgan fingerprint density at radius 2 is 2.18 bits per heavy atom. The fraction of sp³-hybridized carbons (Fsp3) is 0. The second-order valence-electron chi connectivity index (χ2n) is 2.86. The number of nitrogens with one attached hydrogen (secondary N) is 1. The molecule has 0 bridgehead atoms. The van der Waals surface area contributed by atoms with Crippen molar-refractivity contribution in [3.8, 4) is 0 Å². The first-order valence-corrected chi connectivity index (χ1v) is 5.10. The van der Waals surface area contributed by atoms with E-state index in [1.165, 1.54) is 12.1 Å². The van der Waals surface area contributed by atoms with Crippen LogP contribution in [0.15, 0.2) is 18.3 Å². The smallest absolute Gasteiger partial charge is 0.337 e. The standard InChI is InChI=1S/C8H5N5O3S/c14-6(10-8-11-12-13-17-8)5-2-1-4(3-9-5)7(15)16/h1-3H,(H,15,16)(H,10,11,13,14). The Labute approximate surface area is 98.5 Å². The molecule has 0 radical (unpaired) electrons. The summed E-state index contributed by atoms with van der Waals surface area (Å²) in [6.45, 7) is 0. The summed E-state index contributed by atoms with van der Waals surface area (Å²) in [7, 11) is 0. The third-order valence-corrected chi connectivity index (χ3v) is 2.27. The van der Waals surface area contributed by atoms with Crippen LogP contribution in [0.2, 0.25) is 0 Å². The molecule has 17 heavy (non-hydrogen) atoms. The molecule has 1 amide bonds. The van der Waals surface area contributed by atoms with Gasteiger partial charge in [0, 0.05) is 17.7 Å². The molecule has 2 heterocycles. The van der Waals surface area contributed by atoms with Crippen molar-refractivity contribution in [3.63, 3.8) is 0 Å². The van der Waals surface area contributed by atoms with Gasteiger partial charge < -0.3 is 5.11 Å². The van der Waals surface area contributed by atoms with Gasteiger partial charge in [-0.2, -0.15) is 0 Å². The zero-order valence-electron chi connectivity index (χ0n) is 8.19. The van der Waals surface area contributed by atoms with Gasteiger partial charge in [0.05, 0.1) is 5.56 Å². The molecule has 2 N–H and O–H groups in total. The molecule has 0 saturated carbocycles. The van der Waals surface area contributed by atoms with Crippen molar-refractivity contribution in [2.24, 2.45) is 0 Å². The number of nitrogens with zero attached hydrogens (tertiary/aromatic N) is 4. The van der Waals surface area contributed by atoms with E-state index in [0.29, 0.717) is 0 Å². The van der Waals surface area contributed by atoms with Crippen LogP contribution >= 0.6 is 11.5 Å². The Morgan fingerprint density at radius 1 is 1.35 bits per heavy atom. The van der Waals surface area contributed by atoms with E-state index in [1.807, 2.05) is 0 Å². The van der Waals surface area contributed by atoms with Gasteiger partial charge in [-0.3, -0.25) is 15.1 Å². The molecule has 0 aromatic carbocycles. The van der Waals surface area contributed by atoms with Crippen LogP contribution < -0.4 is 5.32 Å². The van der Waals surface area contributed by atoms with Crippen LogP contribution in [-0.4, -0.2) is 36.8 Å². The third-order valence-electron chi connectivity index (χ3n) is 1.76. The monoisotopic (exact) mass is 251 g/mol. The van der Waals surface area contributed by atoms with Gasteiger partial charge in [0.15, 0.2) is 0 Å². The molecule has 0 unspecified atom stereocenters. The van der Waals surface area contributed by atoms with Crippen molar-refractivity contribution in [2.75, 3.05) is 5.32 Å². The largest absolute Gasteiger partial charge is 0.478 e. The maximum atomic E-state index is 11.6. The fourth-order valence-electron chi connectivity index (χ4n) is 0.998. The summed E-state index contributed by atoms with van der Waals surface area (Å²) < 4.78 is 3.47. The first kappa shape index (κ1) is 11.1. The quantitative estimate of drug-likeness (QED) is 0.804. The van der Waals surface area contributed by atoms with Crippen molar-refractivity contribution in [2.45, 2.75) is 0 Å². The van der Waals surface area contributed by atoms with Crippen LogP contribution in [0.25, 0.3) is 0 Å². The van der Waals surface area contributed by atoms with E-state index >= 15 is 0 Å². The summed E-state index contributed by atoms with van der Waals surface area (Å²) in [5.41, 5.74) is 0.101. The lowest BCUT2D eigenvalue weighted by atomic mass is 10.2. The number of carbonyl (C=O) groups excluding carboxylic acids is 1. The number of carbonyl (C=O) groups is 2. The molecule has 2 rings (SSSR count). The highest BCUT2D eigenvalue weighted by Gasteiger charge is 2.11. The lowest BCUT2D eigenvalue weighted by Crippen LogP contribution is -2.14. The number of hydrogen-bond acceptors (Lipinski definition) is 7. The number of anilines is 1. The first-order chi connectivity index (χ1) is 8.16. The molecule has 8 nitrogen and oxygen atoms in total. The lowest BCUT2D eigenvalue weighted by molar-refractivity contribution is 0.0696. The van der Waals surface area contributed by atoms with E-state index in [4.69, 9.17) is 5.11 Å². The average molecular weight is 251 g/mol. The SMILES string of the molecule is O=C(O)c1ccc(C(=O)Nc2nnns2)nc1. The van der Waals surface area contributed by atoms with Gasteiger partial charge in [-0.1, -0.05) is 9.59 Å². The van der Waals surface area contributed by atoms with Crippen LogP contribution in [0.4, 0.5) is 5.13 Å². The van der Waals surface area contributed by atoms with Gasteiger partial charge in [-0.25, -0.2) is 4.79 Å². The van der Waals surface area contributed by atoms with Crippen LogP contribution in [0.5, 0.6) is 0 Å². The molecule has 0 saturated heterocycles. The van der Waals surface area contributed by atoms with Crippen LogP contribution in [0, 0.1) is 0 Å². The van der Waals surface area contributed by atoms with Gasteiger partial charge in [0.25, 0.3) is 5.91 Å². The fourth-order valence-corrected chi connectivity index (χ4v) is 1.36. The van der Waals surface area contributed by atoms with E-state index in [1.54, 1.807) is 0 Å². The molecule has 2 aromatic heterocycles. The van der Waals surface area contributed by atoms with Gasteiger partial charge >= 0.3 is 5.97 Å². The summed E-state index contributed by atoms with van der Waals surface area (Å²) in [5.74, 6) is -1.60. The molecule has 0 aliphatic carbocycles. The van der Waals surface area contributed by atoms with Gasteiger partial charge in [-0.15, -0.1) is 0 Å². The summed E-state index contributed by atoms with van der Waals surface area (Å²) >= 11 is 0.928. The zero-order chi connectivity index (χ0) is 12.3. The van der Waals surface area contributed by atoms with Crippen LogP contribution in [0.1, 0.15) is 20.8 Å². The zero-order valence-corrected chi connectivity index (χ0v) is 9.01. The summed E-state index contributed by atoms with van der Waals surface area (Å²) in [6, 6.07) is 2.61. The second-order valence-corrected chi connectivity index (χ2v) is 3.59. The average Bonchev–Trinajstić information content (AvgIpc) is 2.82. The second kappa shape index (κ2) is 4.61. The topological polar surface area (TPSA) is 118 Å². The molecule has 0 fully saturated rings. The Balaban J connectivity index is 2.12. The molecule has 9 heteroatoms. The highest BCUT2D eigenvalue weighted by Crippen LogP contribution is 2.07. The molecule has 0 spiro atoms. The van der Waals surface area contributed by atoms with Gasteiger partial charge in [-0.05, 0) is 17.3 Å². The van der Waals surface area contributed by atoms with E-state index in [0.717, 1.165) is 17.7 Å². The predicted molar refractivity (Wildman–Crippen MR) is 56.9 cm³/mol. The molecule has 0 atom stereocenters. The predicted octanol–water partition coefficient (Wildman–Crippen LogP) is 0.279. The Bertz CT molecular complexity index is 539. The summed E-state index contributed by atoms with van der Waals surface area (Å²) in [5, 5.41) is 18.2. The normalized spacial score (nSPS) is 9.88. The molecule has 2 aromatic rings. The lowest BCUT2D eigenvalue weighted by Gasteiger charge is -1.99. The summed E-state index contributed by atoms with van der Waals surface area (Å²) in [6.07, 6.45) is 1.11. The van der Waals surface area contributed by atoms with E-state index in [2.05, 4.69) is 25.1 Å². The Kier molecular flexibility index (Phi) is 3.01. The Morgan fingerprint density at radius 3 is 2.71 bits per heavy atom. The number of aromatic carboxylic acids is 1. The summed E-state index contributed by atoms with van der Waals surface area (Å²) in [4.78, 5) is 25.9. The minimum absolute atomic E-state index is 0.0131. The molecule has 0 aliphatic rings. The number of rotatable bonds is 3. The number of amides is 1. The van der Waals surface area contributed by atoms with Crippen LogP contribution in [0.3, 0.4) is 0 Å². The van der Waals surface area contributed by atoms with Crippen molar-refractivity contribution in [1.29, 1.82) is 0 Å². The maximum Gasteiger partial charge on any atom is 0.337 e. The number of aromatic nitrogens is 4. The molecule has 0 aliphatic heterocycles. The van der Waals surface area contributed by atoms with E-state index in [9.17, 15) is 9.59 Å². The minimum Gasteiger partial charge on any atom is -0.478 e. The highest BCUT2D eigenvalue weighted by molar-refractivity contribution is 7.09. The number of pyridine rings is 1. The van der Waals surface area contributed by atoms with Crippen molar-refractivity contribution in [3.05, 3.63) is 29.6 Å². The Hall–Kier alpha value is -2.42. The van der Waals surface area contributed by atoms with Crippen molar-refractivity contribution < 1.29 is 14.7 Å². The van der Waals surface area contributed by atoms with E-state index in [-0.39, 0.29) is 16.4 Å². The highest BCUT2D eigenvalue weighted by atomic mass is 32.1. The number of carboxylic acids is 1.